The van der Waals surface area contributed by atoms with E-state index in [9.17, 15) is 19.8 Å². The third-order valence-corrected chi connectivity index (χ3v) is 5.53. The molecule has 142 valence electrons. The van der Waals surface area contributed by atoms with Crippen LogP contribution in [0.3, 0.4) is 0 Å². The first kappa shape index (κ1) is 19.1. The second-order valence-corrected chi connectivity index (χ2v) is 7.58. The van der Waals surface area contributed by atoms with E-state index in [1.165, 1.54) is 0 Å². The van der Waals surface area contributed by atoms with Gasteiger partial charge in [-0.1, -0.05) is 60.7 Å². The third-order valence-electron chi connectivity index (χ3n) is 5.53. The molecular formula is C22H25NO4. The molecule has 1 aliphatic rings. The number of carboxylic acid groups (broad SMARTS) is 2. The number of hydrogen-bond donors (Lipinski definition) is 3. The normalized spacial score (nSPS) is 20.8. The van der Waals surface area contributed by atoms with Crippen LogP contribution in [0.1, 0.15) is 24.0 Å². The highest BCUT2D eigenvalue weighted by molar-refractivity contribution is 5.83. The molecule has 3 atom stereocenters. The van der Waals surface area contributed by atoms with Gasteiger partial charge < -0.3 is 15.9 Å². The molecule has 5 heteroatoms. The first-order valence-electron chi connectivity index (χ1n) is 9.23. The second kappa shape index (κ2) is 7.92. The Morgan fingerprint density at radius 3 is 1.81 bits per heavy atom. The van der Waals surface area contributed by atoms with Crippen LogP contribution in [0.5, 0.6) is 0 Å². The lowest BCUT2D eigenvalue weighted by atomic mass is 9.78. The van der Waals surface area contributed by atoms with Crippen molar-refractivity contribution in [2.75, 3.05) is 0 Å². The Hall–Kier alpha value is -2.66. The van der Waals surface area contributed by atoms with Crippen LogP contribution in [-0.2, 0) is 22.4 Å². The topological polar surface area (TPSA) is 101 Å². The van der Waals surface area contributed by atoms with E-state index in [4.69, 9.17) is 5.73 Å². The molecule has 5 nitrogen and oxygen atoms in total. The number of carboxylic acids is 2. The van der Waals surface area contributed by atoms with Crippen LogP contribution in [0.15, 0.2) is 60.7 Å². The summed E-state index contributed by atoms with van der Waals surface area (Å²) in [5.41, 5.74) is 7.05. The van der Waals surface area contributed by atoms with Crippen LogP contribution in [0.25, 0.3) is 0 Å². The van der Waals surface area contributed by atoms with Crippen molar-refractivity contribution in [2.24, 2.45) is 23.5 Å². The van der Waals surface area contributed by atoms with Gasteiger partial charge in [-0.05, 0) is 42.7 Å². The van der Waals surface area contributed by atoms with Crippen LogP contribution < -0.4 is 5.73 Å². The van der Waals surface area contributed by atoms with E-state index in [1.54, 1.807) is 0 Å². The number of rotatable bonds is 9. The van der Waals surface area contributed by atoms with Gasteiger partial charge >= 0.3 is 11.9 Å². The molecule has 2 aromatic carbocycles. The Morgan fingerprint density at radius 2 is 1.44 bits per heavy atom. The molecule has 3 rings (SSSR count). The van der Waals surface area contributed by atoms with Crippen LogP contribution in [0.4, 0.5) is 0 Å². The van der Waals surface area contributed by atoms with Crippen molar-refractivity contribution in [2.45, 2.75) is 31.2 Å². The van der Waals surface area contributed by atoms with Gasteiger partial charge in [-0.3, -0.25) is 9.59 Å². The molecule has 0 radical (unpaired) electrons. The van der Waals surface area contributed by atoms with E-state index in [2.05, 4.69) is 0 Å². The highest BCUT2D eigenvalue weighted by Gasteiger charge is 2.58. The highest BCUT2D eigenvalue weighted by atomic mass is 16.4. The third kappa shape index (κ3) is 4.55. The van der Waals surface area contributed by atoms with Crippen molar-refractivity contribution in [3.8, 4) is 0 Å². The van der Waals surface area contributed by atoms with Crippen LogP contribution >= 0.6 is 0 Å². The molecule has 0 aromatic heterocycles. The Balaban J connectivity index is 1.82. The summed E-state index contributed by atoms with van der Waals surface area (Å²) in [7, 11) is 0. The van der Waals surface area contributed by atoms with Crippen molar-refractivity contribution in [1.82, 2.24) is 0 Å². The fraction of sp³-hybridized carbons (Fsp3) is 0.364. The minimum atomic E-state index is -1.52. The lowest BCUT2D eigenvalue weighted by Crippen LogP contribution is -2.52. The lowest BCUT2D eigenvalue weighted by Gasteiger charge is -2.30. The van der Waals surface area contributed by atoms with Gasteiger partial charge in [-0.25, -0.2) is 0 Å². The maximum atomic E-state index is 12.0. The summed E-state index contributed by atoms with van der Waals surface area (Å²) in [5.74, 6) is -3.23. The molecule has 0 heterocycles. The molecule has 4 N–H and O–H groups in total. The fourth-order valence-electron chi connectivity index (χ4n) is 4.02. The summed E-state index contributed by atoms with van der Waals surface area (Å²) < 4.78 is 0. The van der Waals surface area contributed by atoms with Gasteiger partial charge in [-0.2, -0.15) is 0 Å². The quantitative estimate of drug-likeness (QED) is 0.632. The molecule has 2 aromatic rings. The van der Waals surface area contributed by atoms with E-state index in [0.29, 0.717) is 19.3 Å². The van der Waals surface area contributed by atoms with Crippen molar-refractivity contribution < 1.29 is 19.8 Å². The predicted molar refractivity (Wildman–Crippen MR) is 102 cm³/mol. The Bertz CT molecular complexity index is 751. The van der Waals surface area contributed by atoms with E-state index >= 15 is 0 Å². The largest absolute Gasteiger partial charge is 0.481 e. The number of aliphatic carboxylic acids is 2. The molecule has 1 saturated carbocycles. The summed E-state index contributed by atoms with van der Waals surface area (Å²) in [4.78, 5) is 23.3. The van der Waals surface area contributed by atoms with Crippen molar-refractivity contribution >= 4 is 11.9 Å². The number of hydrogen-bond acceptors (Lipinski definition) is 3. The van der Waals surface area contributed by atoms with E-state index in [1.807, 2.05) is 60.7 Å². The second-order valence-electron chi connectivity index (χ2n) is 7.58. The maximum Gasteiger partial charge on any atom is 0.324 e. The van der Waals surface area contributed by atoms with Gasteiger partial charge in [0.05, 0.1) is 5.92 Å². The molecule has 1 fully saturated rings. The monoisotopic (exact) mass is 367 g/mol. The first-order valence-corrected chi connectivity index (χ1v) is 9.23. The smallest absolute Gasteiger partial charge is 0.324 e. The summed E-state index contributed by atoms with van der Waals surface area (Å²) in [6.45, 7) is 0. The van der Waals surface area contributed by atoms with Crippen LogP contribution in [0, 0.1) is 17.8 Å². The van der Waals surface area contributed by atoms with Gasteiger partial charge in [-0.15, -0.1) is 0 Å². The van der Waals surface area contributed by atoms with E-state index in [0.717, 1.165) is 11.1 Å². The lowest BCUT2D eigenvalue weighted by molar-refractivity contribution is -0.146. The van der Waals surface area contributed by atoms with Crippen LogP contribution in [0.2, 0.25) is 0 Å². The summed E-state index contributed by atoms with van der Waals surface area (Å²) in [6, 6.07) is 19.8. The molecular weight excluding hydrogens is 342 g/mol. The zero-order valence-electron chi connectivity index (χ0n) is 15.1. The van der Waals surface area contributed by atoms with E-state index in [-0.39, 0.29) is 12.3 Å². The molecule has 27 heavy (non-hydrogen) atoms. The minimum Gasteiger partial charge on any atom is -0.481 e. The first-order chi connectivity index (χ1) is 12.9. The van der Waals surface area contributed by atoms with Crippen LogP contribution in [-0.4, -0.2) is 27.7 Å². The zero-order chi connectivity index (χ0) is 19.4. The number of nitrogens with two attached hydrogens (primary N) is 1. The summed E-state index contributed by atoms with van der Waals surface area (Å²) in [5, 5.41) is 19.0. The molecule has 0 saturated heterocycles. The number of benzene rings is 2. The Kier molecular flexibility index (Phi) is 5.61. The van der Waals surface area contributed by atoms with Crippen molar-refractivity contribution in [3.63, 3.8) is 0 Å². The molecule has 0 bridgehead atoms. The molecule has 0 aliphatic heterocycles. The minimum absolute atomic E-state index is 0.00550. The van der Waals surface area contributed by atoms with Crippen molar-refractivity contribution in [3.05, 3.63) is 71.8 Å². The van der Waals surface area contributed by atoms with Gasteiger partial charge in [0.1, 0.15) is 5.54 Å². The van der Waals surface area contributed by atoms with Gasteiger partial charge in [0.15, 0.2) is 0 Å². The van der Waals surface area contributed by atoms with Crippen molar-refractivity contribution in [1.29, 1.82) is 0 Å². The fourth-order valence-corrected chi connectivity index (χ4v) is 4.02. The predicted octanol–water partition coefficient (Wildman–Crippen LogP) is 2.98. The average Bonchev–Trinajstić information content (AvgIpc) is 3.45. The summed E-state index contributed by atoms with van der Waals surface area (Å²) >= 11 is 0. The highest BCUT2D eigenvalue weighted by Crippen LogP contribution is 2.48. The Labute approximate surface area is 158 Å². The van der Waals surface area contributed by atoms with Gasteiger partial charge in [0, 0.05) is 5.92 Å². The van der Waals surface area contributed by atoms with Gasteiger partial charge in [0.25, 0.3) is 0 Å². The SMILES string of the molecule is NC(CC(Cc1ccccc1)Cc1ccccc1)(C(=O)O)C1CC1C(=O)O. The molecule has 1 aliphatic carbocycles. The van der Waals surface area contributed by atoms with Gasteiger partial charge in [0.2, 0.25) is 0 Å². The number of carbonyl (C=O) groups is 2. The molecule has 3 unspecified atom stereocenters. The zero-order valence-corrected chi connectivity index (χ0v) is 15.1. The Morgan fingerprint density at radius 1 is 0.963 bits per heavy atom. The standard InChI is InChI=1S/C22H25NO4/c23-22(21(26)27,19-13-18(19)20(24)25)14-17(11-15-7-3-1-4-8-15)12-16-9-5-2-6-10-16/h1-10,17-19H,11-14,23H2,(H,24,25)(H,26,27). The molecule has 0 amide bonds. The molecule has 0 spiro atoms. The van der Waals surface area contributed by atoms with E-state index < -0.39 is 29.3 Å². The summed E-state index contributed by atoms with van der Waals surface area (Å²) in [6.07, 6.45) is 1.99. The average molecular weight is 367 g/mol. The maximum absolute atomic E-state index is 12.0.